The first-order valence-electron chi connectivity index (χ1n) is 10.7. The number of phenols is 1. The molecule has 0 saturated carbocycles. The van der Waals surface area contributed by atoms with Gasteiger partial charge in [0.05, 0.1) is 30.9 Å². The van der Waals surface area contributed by atoms with Crippen LogP contribution in [0.15, 0.2) is 72.6 Å². The molecule has 172 valence electrons. The van der Waals surface area contributed by atoms with E-state index in [1.165, 1.54) is 0 Å². The van der Waals surface area contributed by atoms with Crippen LogP contribution in [0.5, 0.6) is 17.2 Å². The number of nitrogens with zero attached hydrogens (tertiary/aromatic N) is 2. The predicted molar refractivity (Wildman–Crippen MR) is 130 cm³/mol. The number of ketones is 1. The standard InChI is InChI=1S/C26H24N4O4/c1-26(15-8-10-17(31)11-9-15)23(32)22(25-28-20-6-4-5-7-21(20)29-25)24(27)30(26)16-12-18(33-2)14-19(13-16)34-3/h4-14,31H,27H2,1-3H3,(H,28,29). The number of nitrogens with two attached hydrogens (primary N) is 1. The fourth-order valence-electron chi connectivity index (χ4n) is 4.48. The van der Waals surface area contributed by atoms with Crippen molar-refractivity contribution < 1.29 is 19.4 Å². The Bertz CT molecular complexity index is 1390. The van der Waals surface area contributed by atoms with Crippen molar-refractivity contribution in [3.8, 4) is 17.2 Å². The molecule has 34 heavy (non-hydrogen) atoms. The van der Waals surface area contributed by atoms with Crippen molar-refractivity contribution >= 4 is 28.1 Å². The van der Waals surface area contributed by atoms with Gasteiger partial charge in [0.15, 0.2) is 5.78 Å². The molecule has 3 aromatic carbocycles. The van der Waals surface area contributed by atoms with E-state index >= 15 is 0 Å². The number of rotatable bonds is 5. The number of anilines is 1. The van der Waals surface area contributed by atoms with Crippen molar-refractivity contribution in [2.24, 2.45) is 5.73 Å². The van der Waals surface area contributed by atoms with E-state index in [2.05, 4.69) is 9.97 Å². The Kier molecular flexibility index (Phi) is 4.93. The van der Waals surface area contributed by atoms with Gasteiger partial charge >= 0.3 is 0 Å². The fourth-order valence-corrected chi connectivity index (χ4v) is 4.48. The predicted octanol–water partition coefficient (Wildman–Crippen LogP) is 3.92. The summed E-state index contributed by atoms with van der Waals surface area (Å²) in [5.41, 5.74) is 8.60. The number of methoxy groups -OCH3 is 2. The van der Waals surface area contributed by atoms with Crippen LogP contribution in [0.25, 0.3) is 16.6 Å². The summed E-state index contributed by atoms with van der Waals surface area (Å²) in [6.07, 6.45) is 0. The van der Waals surface area contributed by atoms with Gasteiger partial charge in [-0.2, -0.15) is 0 Å². The molecule has 0 bridgehead atoms. The number of carbonyl (C=O) groups is 1. The molecule has 0 aliphatic carbocycles. The van der Waals surface area contributed by atoms with E-state index in [4.69, 9.17) is 15.2 Å². The lowest BCUT2D eigenvalue weighted by molar-refractivity contribution is -0.117. The summed E-state index contributed by atoms with van der Waals surface area (Å²) >= 11 is 0. The summed E-state index contributed by atoms with van der Waals surface area (Å²) in [6, 6.07) is 19.4. The molecule has 1 unspecified atom stereocenters. The number of para-hydroxylation sites is 2. The van der Waals surface area contributed by atoms with E-state index in [1.807, 2.05) is 24.3 Å². The second-order valence-electron chi connectivity index (χ2n) is 8.22. The molecule has 5 rings (SSSR count). The van der Waals surface area contributed by atoms with Crippen molar-refractivity contribution in [3.05, 3.63) is 83.9 Å². The first kappa shape index (κ1) is 21.4. The Morgan fingerprint density at radius 2 is 1.65 bits per heavy atom. The molecular formula is C26H24N4O4. The molecule has 0 saturated heterocycles. The third-order valence-electron chi connectivity index (χ3n) is 6.26. The van der Waals surface area contributed by atoms with Gasteiger partial charge in [0.25, 0.3) is 0 Å². The lowest BCUT2D eigenvalue weighted by atomic mass is 9.85. The Hall–Kier alpha value is -4.46. The van der Waals surface area contributed by atoms with Gasteiger partial charge in [-0.1, -0.05) is 24.3 Å². The topological polar surface area (TPSA) is 114 Å². The van der Waals surface area contributed by atoms with E-state index in [1.54, 1.807) is 68.5 Å². The number of aromatic amines is 1. The van der Waals surface area contributed by atoms with Gasteiger partial charge in [0.2, 0.25) is 0 Å². The minimum atomic E-state index is -1.22. The van der Waals surface area contributed by atoms with E-state index in [-0.39, 0.29) is 22.9 Å². The molecule has 8 nitrogen and oxygen atoms in total. The van der Waals surface area contributed by atoms with Gasteiger partial charge in [0.1, 0.15) is 40.0 Å². The maximum absolute atomic E-state index is 14.1. The largest absolute Gasteiger partial charge is 0.508 e. The van der Waals surface area contributed by atoms with Crippen molar-refractivity contribution in [1.29, 1.82) is 0 Å². The molecule has 1 aromatic heterocycles. The Labute approximate surface area is 196 Å². The van der Waals surface area contributed by atoms with Crippen LogP contribution in [-0.2, 0) is 10.3 Å². The lowest BCUT2D eigenvalue weighted by Gasteiger charge is -2.37. The minimum absolute atomic E-state index is 0.103. The number of Topliss-reactive ketones (excluding diaryl/α,β-unsaturated/α-hetero) is 1. The average molecular weight is 457 g/mol. The van der Waals surface area contributed by atoms with Crippen LogP contribution in [0.2, 0.25) is 0 Å². The van der Waals surface area contributed by atoms with Crippen LogP contribution < -0.4 is 20.1 Å². The number of hydrogen-bond donors (Lipinski definition) is 3. The summed E-state index contributed by atoms with van der Waals surface area (Å²) < 4.78 is 10.9. The number of benzene rings is 3. The Morgan fingerprint density at radius 1 is 1.00 bits per heavy atom. The number of nitrogens with one attached hydrogen (secondary N) is 1. The SMILES string of the molecule is COc1cc(OC)cc(N2C(N)=C(c3nc4ccccc4[nH]3)C(=O)C2(C)c2ccc(O)cc2)c1. The molecule has 8 heteroatoms. The molecule has 0 radical (unpaired) electrons. The maximum atomic E-state index is 14.1. The van der Waals surface area contributed by atoms with E-state index in [0.29, 0.717) is 28.6 Å². The molecule has 1 atom stereocenters. The molecule has 4 N–H and O–H groups in total. The van der Waals surface area contributed by atoms with Gasteiger partial charge in [-0.15, -0.1) is 0 Å². The van der Waals surface area contributed by atoms with Gasteiger partial charge in [-0.05, 0) is 36.8 Å². The number of ether oxygens (including phenoxy) is 2. The fraction of sp³-hybridized carbons (Fsp3) is 0.154. The highest BCUT2D eigenvalue weighted by molar-refractivity contribution is 6.29. The molecule has 1 aliphatic rings. The smallest absolute Gasteiger partial charge is 0.200 e. The van der Waals surface area contributed by atoms with Crippen LogP contribution in [0.1, 0.15) is 18.3 Å². The Balaban J connectivity index is 1.76. The molecular weight excluding hydrogens is 432 g/mol. The second kappa shape index (κ2) is 7.84. The van der Waals surface area contributed by atoms with E-state index < -0.39 is 5.54 Å². The van der Waals surface area contributed by atoms with E-state index in [0.717, 1.165) is 11.0 Å². The highest BCUT2D eigenvalue weighted by Gasteiger charge is 2.52. The van der Waals surface area contributed by atoms with Crippen LogP contribution in [0, 0.1) is 0 Å². The maximum Gasteiger partial charge on any atom is 0.200 e. The molecule has 4 aromatic rings. The van der Waals surface area contributed by atoms with Crippen molar-refractivity contribution in [2.75, 3.05) is 19.1 Å². The highest BCUT2D eigenvalue weighted by Crippen LogP contribution is 2.47. The van der Waals surface area contributed by atoms with Crippen molar-refractivity contribution in [2.45, 2.75) is 12.5 Å². The Morgan fingerprint density at radius 3 is 2.26 bits per heavy atom. The first-order valence-corrected chi connectivity index (χ1v) is 10.7. The number of aromatic nitrogens is 2. The molecule has 0 spiro atoms. The quantitative estimate of drug-likeness (QED) is 0.417. The first-order chi connectivity index (χ1) is 16.4. The van der Waals surface area contributed by atoms with Gasteiger partial charge in [-0.25, -0.2) is 4.98 Å². The minimum Gasteiger partial charge on any atom is -0.508 e. The van der Waals surface area contributed by atoms with Crippen LogP contribution in [-0.4, -0.2) is 35.1 Å². The summed E-state index contributed by atoms with van der Waals surface area (Å²) in [5.74, 6) is 1.63. The summed E-state index contributed by atoms with van der Waals surface area (Å²) in [4.78, 5) is 23.7. The molecule has 0 fully saturated rings. The number of phenolic OH excluding ortho intramolecular Hbond substituents is 1. The number of carbonyl (C=O) groups excluding carboxylic acids is 1. The monoisotopic (exact) mass is 456 g/mol. The third-order valence-corrected chi connectivity index (χ3v) is 6.26. The zero-order chi connectivity index (χ0) is 24.0. The van der Waals surface area contributed by atoms with Gasteiger partial charge < -0.3 is 30.2 Å². The van der Waals surface area contributed by atoms with Crippen LogP contribution in [0.4, 0.5) is 5.69 Å². The average Bonchev–Trinajstić information content (AvgIpc) is 3.35. The normalized spacial score (nSPS) is 18.1. The number of H-pyrrole nitrogens is 1. The van der Waals surface area contributed by atoms with Crippen molar-refractivity contribution in [1.82, 2.24) is 9.97 Å². The van der Waals surface area contributed by atoms with Crippen LogP contribution in [0.3, 0.4) is 0 Å². The zero-order valence-corrected chi connectivity index (χ0v) is 19.0. The number of imidazole rings is 1. The van der Waals surface area contributed by atoms with Gasteiger partial charge in [0, 0.05) is 18.2 Å². The summed E-state index contributed by atoms with van der Waals surface area (Å²) in [6.45, 7) is 1.80. The zero-order valence-electron chi connectivity index (χ0n) is 19.0. The summed E-state index contributed by atoms with van der Waals surface area (Å²) in [7, 11) is 3.12. The number of fused-ring (bicyclic) bond motifs is 1. The number of hydrogen-bond acceptors (Lipinski definition) is 7. The molecule has 1 aliphatic heterocycles. The summed E-state index contributed by atoms with van der Waals surface area (Å²) in [5, 5.41) is 9.85. The number of aromatic hydroxyl groups is 1. The van der Waals surface area contributed by atoms with Gasteiger partial charge in [-0.3, -0.25) is 4.79 Å². The van der Waals surface area contributed by atoms with E-state index in [9.17, 15) is 9.90 Å². The van der Waals surface area contributed by atoms with Crippen molar-refractivity contribution in [3.63, 3.8) is 0 Å². The highest BCUT2D eigenvalue weighted by atomic mass is 16.5. The van der Waals surface area contributed by atoms with Crippen LogP contribution >= 0.6 is 0 Å². The lowest BCUT2D eigenvalue weighted by Crippen LogP contribution is -2.45. The molecule has 2 heterocycles. The molecule has 0 amide bonds. The second-order valence-corrected chi connectivity index (χ2v) is 8.22. The third kappa shape index (κ3) is 3.14.